The lowest BCUT2D eigenvalue weighted by molar-refractivity contribution is 0.0857. The Balaban J connectivity index is 1.64. The predicted octanol–water partition coefficient (Wildman–Crippen LogP) is 4.15. The molecule has 26 heavy (non-hydrogen) atoms. The van der Waals surface area contributed by atoms with Crippen molar-refractivity contribution in [1.29, 1.82) is 0 Å². The fourth-order valence-electron chi connectivity index (χ4n) is 2.74. The second-order valence-corrected chi connectivity index (χ2v) is 6.91. The minimum atomic E-state index is -0.355. The highest BCUT2D eigenvalue weighted by Crippen LogP contribution is 2.20. The standard InChI is InChI=1S/C19H18Cl2N2O3/c20-14-7-13(8-15(21)10-14)19(25)23-16-4-1-3-12(9-16)18(24)22-11-17-5-2-6-26-17/h1,3-4,7-10,17H,2,5-6,11H2,(H,22,24)(H,23,25)/t17-/m1/s1. The van der Waals surface area contributed by atoms with Crippen molar-refractivity contribution in [2.75, 3.05) is 18.5 Å². The van der Waals surface area contributed by atoms with E-state index in [1.807, 2.05) is 0 Å². The monoisotopic (exact) mass is 392 g/mol. The molecule has 0 radical (unpaired) electrons. The van der Waals surface area contributed by atoms with Crippen LogP contribution in [0.2, 0.25) is 10.0 Å². The molecule has 2 aromatic carbocycles. The largest absolute Gasteiger partial charge is 0.376 e. The molecule has 1 atom stereocenters. The molecule has 0 saturated carbocycles. The third kappa shape index (κ3) is 4.97. The first-order chi connectivity index (χ1) is 12.5. The van der Waals surface area contributed by atoms with Gasteiger partial charge in [0.05, 0.1) is 6.10 Å². The van der Waals surface area contributed by atoms with Gasteiger partial charge in [0.1, 0.15) is 0 Å². The lowest BCUT2D eigenvalue weighted by Crippen LogP contribution is -2.31. The summed E-state index contributed by atoms with van der Waals surface area (Å²) < 4.78 is 5.49. The third-order valence-electron chi connectivity index (χ3n) is 4.02. The average Bonchev–Trinajstić information content (AvgIpc) is 3.12. The molecule has 3 rings (SSSR count). The molecule has 136 valence electrons. The molecule has 2 amide bonds. The molecule has 7 heteroatoms. The van der Waals surface area contributed by atoms with Crippen LogP contribution in [0.25, 0.3) is 0 Å². The number of anilines is 1. The van der Waals surface area contributed by atoms with Crippen LogP contribution in [0.4, 0.5) is 5.69 Å². The number of hydrogen-bond donors (Lipinski definition) is 2. The fraction of sp³-hybridized carbons (Fsp3) is 0.263. The Kier molecular flexibility index (Phi) is 6.14. The van der Waals surface area contributed by atoms with Gasteiger partial charge in [0.25, 0.3) is 11.8 Å². The average molecular weight is 393 g/mol. The van der Waals surface area contributed by atoms with Gasteiger partial charge >= 0.3 is 0 Å². The summed E-state index contributed by atoms with van der Waals surface area (Å²) in [5.74, 6) is -0.561. The molecule has 1 aliphatic rings. The maximum Gasteiger partial charge on any atom is 0.255 e. The number of rotatable bonds is 5. The summed E-state index contributed by atoms with van der Waals surface area (Å²) in [6.45, 7) is 1.23. The molecule has 5 nitrogen and oxygen atoms in total. The molecule has 0 bridgehead atoms. The zero-order chi connectivity index (χ0) is 18.5. The summed E-state index contributed by atoms with van der Waals surface area (Å²) in [5.41, 5.74) is 1.32. The van der Waals surface area contributed by atoms with Crippen LogP contribution in [0.5, 0.6) is 0 Å². The van der Waals surface area contributed by atoms with E-state index < -0.39 is 0 Å². The van der Waals surface area contributed by atoms with Crippen molar-refractivity contribution in [3.8, 4) is 0 Å². The highest BCUT2D eigenvalue weighted by molar-refractivity contribution is 6.35. The van der Waals surface area contributed by atoms with Gasteiger partial charge < -0.3 is 15.4 Å². The van der Waals surface area contributed by atoms with E-state index in [1.54, 1.807) is 30.3 Å². The van der Waals surface area contributed by atoms with Gasteiger partial charge in [0.2, 0.25) is 0 Å². The lowest BCUT2D eigenvalue weighted by Gasteiger charge is -2.12. The number of ether oxygens (including phenoxy) is 1. The van der Waals surface area contributed by atoms with Crippen molar-refractivity contribution in [2.24, 2.45) is 0 Å². The maximum atomic E-state index is 12.4. The van der Waals surface area contributed by atoms with Crippen molar-refractivity contribution >= 4 is 40.7 Å². The van der Waals surface area contributed by atoms with Crippen LogP contribution in [-0.4, -0.2) is 31.1 Å². The third-order valence-corrected chi connectivity index (χ3v) is 4.46. The molecule has 2 aromatic rings. The summed E-state index contributed by atoms with van der Waals surface area (Å²) in [6.07, 6.45) is 2.06. The molecular weight excluding hydrogens is 375 g/mol. The van der Waals surface area contributed by atoms with E-state index in [4.69, 9.17) is 27.9 Å². The fourth-order valence-corrected chi connectivity index (χ4v) is 3.27. The van der Waals surface area contributed by atoms with Crippen molar-refractivity contribution in [3.63, 3.8) is 0 Å². The Morgan fingerprint density at radius 1 is 1.04 bits per heavy atom. The van der Waals surface area contributed by atoms with Crippen molar-refractivity contribution in [2.45, 2.75) is 18.9 Å². The van der Waals surface area contributed by atoms with Crippen LogP contribution in [0.1, 0.15) is 33.6 Å². The van der Waals surface area contributed by atoms with Gasteiger partial charge in [-0.15, -0.1) is 0 Å². The first kappa shape index (κ1) is 18.7. The van der Waals surface area contributed by atoms with E-state index in [0.29, 0.717) is 33.4 Å². The summed E-state index contributed by atoms with van der Waals surface area (Å²) in [4.78, 5) is 24.6. The molecule has 0 aliphatic carbocycles. The van der Waals surface area contributed by atoms with E-state index in [2.05, 4.69) is 10.6 Å². The van der Waals surface area contributed by atoms with Crippen molar-refractivity contribution in [1.82, 2.24) is 5.32 Å². The van der Waals surface area contributed by atoms with Crippen molar-refractivity contribution < 1.29 is 14.3 Å². The van der Waals surface area contributed by atoms with E-state index >= 15 is 0 Å². The number of carbonyl (C=O) groups is 2. The molecule has 1 fully saturated rings. The SMILES string of the molecule is O=C(NC[C@H]1CCCO1)c1cccc(NC(=O)c2cc(Cl)cc(Cl)c2)c1. The van der Waals surface area contributed by atoms with Gasteiger partial charge in [0, 0.05) is 40.0 Å². The topological polar surface area (TPSA) is 67.4 Å². The molecule has 0 aromatic heterocycles. The first-order valence-corrected chi connectivity index (χ1v) is 9.04. The maximum absolute atomic E-state index is 12.4. The smallest absolute Gasteiger partial charge is 0.255 e. The van der Waals surface area contributed by atoms with Crippen LogP contribution < -0.4 is 10.6 Å². The van der Waals surface area contributed by atoms with Gasteiger partial charge in [-0.25, -0.2) is 0 Å². The van der Waals surface area contributed by atoms with E-state index in [9.17, 15) is 9.59 Å². The number of halogens is 2. The van der Waals surface area contributed by atoms with Gasteiger partial charge in [-0.2, -0.15) is 0 Å². The Morgan fingerprint density at radius 3 is 2.50 bits per heavy atom. The predicted molar refractivity (Wildman–Crippen MR) is 102 cm³/mol. The van der Waals surface area contributed by atoms with Gasteiger partial charge in [0.15, 0.2) is 0 Å². The van der Waals surface area contributed by atoms with Crippen LogP contribution in [0.15, 0.2) is 42.5 Å². The highest BCUT2D eigenvalue weighted by atomic mass is 35.5. The van der Waals surface area contributed by atoms with Crippen LogP contribution in [0, 0.1) is 0 Å². The summed E-state index contributed by atoms with van der Waals surface area (Å²) in [6, 6.07) is 11.3. The molecule has 0 unspecified atom stereocenters. The number of hydrogen-bond acceptors (Lipinski definition) is 3. The second-order valence-electron chi connectivity index (χ2n) is 6.04. The first-order valence-electron chi connectivity index (χ1n) is 8.28. The minimum absolute atomic E-state index is 0.0782. The van der Waals surface area contributed by atoms with Gasteiger partial charge in [-0.05, 0) is 49.2 Å². The van der Waals surface area contributed by atoms with Crippen LogP contribution in [-0.2, 0) is 4.74 Å². The summed E-state index contributed by atoms with van der Waals surface area (Å²) >= 11 is 11.8. The van der Waals surface area contributed by atoms with E-state index in [-0.39, 0.29) is 17.9 Å². The Morgan fingerprint density at radius 2 is 1.81 bits per heavy atom. The molecule has 2 N–H and O–H groups in total. The Labute approximate surface area is 161 Å². The van der Waals surface area contributed by atoms with Gasteiger partial charge in [-0.3, -0.25) is 9.59 Å². The number of carbonyl (C=O) groups excluding carboxylic acids is 2. The quantitative estimate of drug-likeness (QED) is 0.802. The molecule has 1 saturated heterocycles. The molecule has 0 spiro atoms. The zero-order valence-corrected chi connectivity index (χ0v) is 15.4. The highest BCUT2D eigenvalue weighted by Gasteiger charge is 2.17. The summed E-state index contributed by atoms with van der Waals surface area (Å²) in [7, 11) is 0. The second kappa shape index (κ2) is 8.54. The Bertz CT molecular complexity index is 800. The molecule has 1 heterocycles. The van der Waals surface area contributed by atoms with Crippen LogP contribution >= 0.6 is 23.2 Å². The van der Waals surface area contributed by atoms with E-state index in [0.717, 1.165) is 19.4 Å². The van der Waals surface area contributed by atoms with Crippen LogP contribution in [0.3, 0.4) is 0 Å². The number of benzene rings is 2. The zero-order valence-electron chi connectivity index (χ0n) is 13.9. The minimum Gasteiger partial charge on any atom is -0.376 e. The normalized spacial score (nSPS) is 16.3. The summed E-state index contributed by atoms with van der Waals surface area (Å²) in [5, 5.41) is 6.36. The van der Waals surface area contributed by atoms with Gasteiger partial charge in [-0.1, -0.05) is 29.3 Å². The number of nitrogens with one attached hydrogen (secondary N) is 2. The molecule has 1 aliphatic heterocycles. The lowest BCUT2D eigenvalue weighted by atomic mass is 10.1. The Hall–Kier alpha value is -2.08. The number of amides is 2. The van der Waals surface area contributed by atoms with E-state index in [1.165, 1.54) is 12.1 Å². The molecular formula is C19H18Cl2N2O3. The van der Waals surface area contributed by atoms with Crippen molar-refractivity contribution in [3.05, 3.63) is 63.6 Å².